The van der Waals surface area contributed by atoms with E-state index in [1.807, 2.05) is 0 Å². The largest absolute Gasteiger partial charge is 0.480 e. The Morgan fingerprint density at radius 3 is 1.92 bits per heavy atom. The normalized spacial score (nSPS) is 14.7. The Morgan fingerprint density at radius 1 is 0.784 bits per heavy atom. The lowest BCUT2D eigenvalue weighted by atomic mass is 10.1. The van der Waals surface area contributed by atoms with Gasteiger partial charge in [-0.15, -0.1) is 0 Å². The quantitative estimate of drug-likeness (QED) is 0.0767. The summed E-state index contributed by atoms with van der Waals surface area (Å²) in [5, 5.41) is 18.6. The fraction of sp³-hybridized carbons (Fsp3) is 0.667. The molecule has 0 unspecified atom stereocenters. The third-order valence-electron chi connectivity index (χ3n) is 5.09. The maximum atomic E-state index is 12.6. The number of hydrogen-bond donors (Lipinski definition) is 9. The van der Waals surface area contributed by atoms with E-state index in [0.29, 0.717) is 12.8 Å². The van der Waals surface area contributed by atoms with Gasteiger partial charge in [-0.25, -0.2) is 0 Å². The second kappa shape index (κ2) is 16.8. The number of nitrogens with two attached hydrogens (primary N) is 4. The molecule has 0 aromatic carbocycles. The monoisotopic (exact) mass is 530 g/mol. The van der Waals surface area contributed by atoms with E-state index in [1.165, 1.54) is 13.8 Å². The molecule has 16 nitrogen and oxygen atoms in total. The molecule has 0 fully saturated rings. The van der Waals surface area contributed by atoms with Gasteiger partial charge in [0, 0.05) is 13.0 Å². The lowest BCUT2D eigenvalue weighted by Crippen LogP contribution is -2.52. The van der Waals surface area contributed by atoms with E-state index in [4.69, 9.17) is 28.0 Å². The van der Waals surface area contributed by atoms with Gasteiger partial charge in [0.25, 0.3) is 0 Å². The number of carbonyl (C=O) groups is 7. The second-order valence-corrected chi connectivity index (χ2v) is 8.54. The molecule has 0 aliphatic heterocycles. The van der Waals surface area contributed by atoms with Crippen molar-refractivity contribution in [1.82, 2.24) is 21.3 Å². The minimum Gasteiger partial charge on any atom is -0.480 e. The number of carboxylic acid groups (broad SMARTS) is 1. The predicted molar refractivity (Wildman–Crippen MR) is 130 cm³/mol. The van der Waals surface area contributed by atoms with Gasteiger partial charge in [0.2, 0.25) is 35.4 Å². The number of unbranched alkanes of at least 4 members (excludes halogenated alkanes) is 1. The molecule has 0 aliphatic carbocycles. The third kappa shape index (κ3) is 14.4. The minimum atomic E-state index is -1.28. The zero-order chi connectivity index (χ0) is 28.7. The lowest BCUT2D eigenvalue weighted by molar-refractivity contribution is -0.141. The first-order valence-corrected chi connectivity index (χ1v) is 11.6. The van der Waals surface area contributed by atoms with Crippen LogP contribution in [-0.4, -0.2) is 83.3 Å². The van der Waals surface area contributed by atoms with Crippen LogP contribution >= 0.6 is 0 Å². The van der Waals surface area contributed by atoms with Gasteiger partial charge >= 0.3 is 5.97 Å². The fourth-order valence-electron chi connectivity index (χ4n) is 2.90. The van der Waals surface area contributed by atoms with E-state index in [2.05, 4.69) is 21.3 Å². The van der Waals surface area contributed by atoms with Crippen LogP contribution in [0, 0.1) is 0 Å². The molecule has 6 amide bonds. The van der Waals surface area contributed by atoms with Gasteiger partial charge in [0.05, 0.1) is 18.5 Å². The molecule has 0 aliphatic rings. The first-order valence-electron chi connectivity index (χ1n) is 11.6. The Bertz CT molecular complexity index is 850. The van der Waals surface area contributed by atoms with E-state index in [0.717, 1.165) is 0 Å². The first kappa shape index (κ1) is 33.2. The van der Waals surface area contributed by atoms with Crippen LogP contribution in [0.4, 0.5) is 0 Å². The second-order valence-electron chi connectivity index (χ2n) is 8.54. The van der Waals surface area contributed by atoms with E-state index >= 15 is 0 Å². The molecular weight excluding hydrogens is 492 g/mol. The summed E-state index contributed by atoms with van der Waals surface area (Å²) in [4.78, 5) is 82.0. The van der Waals surface area contributed by atoms with Crippen molar-refractivity contribution >= 4 is 41.4 Å². The molecule has 0 rings (SSSR count). The van der Waals surface area contributed by atoms with Crippen LogP contribution in [0.2, 0.25) is 0 Å². The molecule has 0 spiro atoms. The van der Waals surface area contributed by atoms with Crippen molar-refractivity contribution in [1.29, 1.82) is 0 Å². The van der Waals surface area contributed by atoms with Crippen LogP contribution in [0.15, 0.2) is 0 Å². The van der Waals surface area contributed by atoms with Crippen molar-refractivity contribution in [3.63, 3.8) is 0 Å². The van der Waals surface area contributed by atoms with Gasteiger partial charge in [-0.1, -0.05) is 0 Å². The van der Waals surface area contributed by atoms with Crippen LogP contribution < -0.4 is 44.2 Å². The Balaban J connectivity index is 4.97. The molecule has 5 atom stereocenters. The molecular formula is C21H38N8O8. The first-order chi connectivity index (χ1) is 17.1. The highest BCUT2D eigenvalue weighted by molar-refractivity contribution is 5.91. The van der Waals surface area contributed by atoms with Gasteiger partial charge in [-0.3, -0.25) is 33.6 Å². The zero-order valence-electron chi connectivity index (χ0n) is 21.0. The van der Waals surface area contributed by atoms with Gasteiger partial charge in [0.1, 0.15) is 18.1 Å². The molecule has 37 heavy (non-hydrogen) atoms. The highest BCUT2D eigenvalue weighted by Gasteiger charge is 2.26. The summed E-state index contributed by atoms with van der Waals surface area (Å²) >= 11 is 0. The van der Waals surface area contributed by atoms with Crippen molar-refractivity contribution in [2.45, 2.75) is 82.6 Å². The van der Waals surface area contributed by atoms with Gasteiger partial charge in [-0.2, -0.15) is 0 Å². The lowest BCUT2D eigenvalue weighted by Gasteiger charge is -2.21. The number of hydrogen-bond acceptors (Lipinski definition) is 9. The van der Waals surface area contributed by atoms with E-state index in [9.17, 15) is 33.6 Å². The Morgan fingerprint density at radius 2 is 1.41 bits per heavy atom. The smallest absolute Gasteiger partial charge is 0.325 e. The van der Waals surface area contributed by atoms with Crippen molar-refractivity contribution in [3.8, 4) is 0 Å². The van der Waals surface area contributed by atoms with Crippen LogP contribution in [0.1, 0.15) is 52.4 Å². The number of primary amides is 2. The highest BCUT2D eigenvalue weighted by Crippen LogP contribution is 2.05. The summed E-state index contributed by atoms with van der Waals surface area (Å²) in [5.74, 6) is -5.46. The number of carbonyl (C=O) groups excluding carboxylic acids is 6. The third-order valence-corrected chi connectivity index (χ3v) is 5.09. The van der Waals surface area contributed by atoms with Crippen molar-refractivity contribution in [2.75, 3.05) is 6.54 Å². The summed E-state index contributed by atoms with van der Waals surface area (Å²) in [6, 6.07) is -5.48. The molecule has 210 valence electrons. The van der Waals surface area contributed by atoms with Gasteiger partial charge in [0.15, 0.2) is 0 Å². The summed E-state index contributed by atoms with van der Waals surface area (Å²) in [6.07, 6.45) is 0.0485. The SMILES string of the molecule is C[C@H](N)C(=O)N[C@H](CCC(=O)N[C@@H](CCCCNC(=O)[C@H](N)CC(N)=O)C(=O)N[C@H](C)C(=O)O)C(N)=O. The van der Waals surface area contributed by atoms with Crippen molar-refractivity contribution in [2.24, 2.45) is 22.9 Å². The van der Waals surface area contributed by atoms with Crippen molar-refractivity contribution < 1.29 is 38.7 Å². The van der Waals surface area contributed by atoms with Crippen LogP contribution in [0.5, 0.6) is 0 Å². The number of amides is 6. The topological polar surface area (TPSA) is 292 Å². The summed E-state index contributed by atoms with van der Waals surface area (Å²) in [7, 11) is 0. The van der Waals surface area contributed by atoms with Gasteiger partial charge < -0.3 is 49.3 Å². The summed E-state index contributed by atoms with van der Waals surface area (Å²) in [5.41, 5.74) is 21.2. The van der Waals surface area contributed by atoms with E-state index in [-0.39, 0.29) is 32.2 Å². The Labute approximate surface area is 214 Å². The van der Waals surface area contributed by atoms with Crippen molar-refractivity contribution in [3.05, 3.63) is 0 Å². The fourth-order valence-corrected chi connectivity index (χ4v) is 2.90. The van der Waals surface area contributed by atoms with Crippen LogP contribution in [-0.2, 0) is 33.6 Å². The maximum absolute atomic E-state index is 12.6. The Hall–Kier alpha value is -3.79. The summed E-state index contributed by atoms with van der Waals surface area (Å²) in [6.45, 7) is 2.82. The number of rotatable bonds is 18. The van der Waals surface area contributed by atoms with Gasteiger partial charge in [-0.05, 0) is 39.5 Å². The number of carboxylic acids is 1. The summed E-state index contributed by atoms with van der Waals surface area (Å²) < 4.78 is 0. The molecule has 0 bridgehead atoms. The average Bonchev–Trinajstić information content (AvgIpc) is 2.79. The molecule has 0 aromatic heterocycles. The maximum Gasteiger partial charge on any atom is 0.325 e. The molecule has 0 saturated heterocycles. The highest BCUT2D eigenvalue weighted by atomic mass is 16.4. The molecule has 0 aromatic rings. The van der Waals surface area contributed by atoms with E-state index < -0.39 is 71.6 Å². The average molecular weight is 531 g/mol. The predicted octanol–water partition coefficient (Wildman–Crippen LogP) is -4.35. The molecule has 0 saturated carbocycles. The molecule has 16 heteroatoms. The van der Waals surface area contributed by atoms with E-state index in [1.54, 1.807) is 0 Å². The molecule has 13 N–H and O–H groups in total. The molecule has 0 heterocycles. The zero-order valence-corrected chi connectivity index (χ0v) is 21.0. The number of nitrogens with one attached hydrogen (secondary N) is 4. The number of aliphatic carboxylic acids is 1. The van der Waals surface area contributed by atoms with Crippen LogP contribution in [0.3, 0.4) is 0 Å². The van der Waals surface area contributed by atoms with Crippen LogP contribution in [0.25, 0.3) is 0 Å². The minimum absolute atomic E-state index is 0.0911. The Kier molecular flexibility index (Phi) is 15.1. The standard InChI is InChI=1S/C21H38N8O8/c1-10(22)18(33)29-13(17(25)32)6-7-16(31)28-14(20(35)27-11(2)21(36)37)5-3-4-8-26-19(34)12(23)9-15(24)30/h10-14H,3-9,22-23H2,1-2H3,(H2,24,30)(H2,25,32)(H,26,34)(H,27,35)(H,28,31)(H,29,33)(H,36,37)/t10-,11+,12+,13+,14-/m0/s1. The molecule has 0 radical (unpaired) electrons.